The Morgan fingerprint density at radius 3 is 2.15 bits per heavy atom. The van der Waals surface area contributed by atoms with Crippen molar-refractivity contribution >= 4 is 11.9 Å². The first-order chi connectivity index (χ1) is 18.7. The number of benzene rings is 1. The molecule has 2 aliphatic rings. The monoisotopic (exact) mass is 581 g/mol. The van der Waals surface area contributed by atoms with Gasteiger partial charge in [0.2, 0.25) is 0 Å². The van der Waals surface area contributed by atoms with E-state index in [1.54, 1.807) is 0 Å². The largest absolute Gasteiger partial charge is 0.439 e. The van der Waals surface area contributed by atoms with Crippen LogP contribution in [0.4, 0.5) is 45.7 Å². The maximum Gasteiger partial charge on any atom is 0.416 e. The second kappa shape index (κ2) is 11.4. The Morgan fingerprint density at radius 1 is 1.02 bits per heavy atom. The van der Waals surface area contributed by atoms with Gasteiger partial charge in [0.1, 0.15) is 11.9 Å². The summed E-state index contributed by atoms with van der Waals surface area (Å²) in [4.78, 5) is 20.1. The zero-order valence-electron chi connectivity index (χ0n) is 21.5. The smallest absolute Gasteiger partial charge is 0.416 e. The number of carbonyl (C=O) groups excluding carboxylic acids is 1. The summed E-state index contributed by atoms with van der Waals surface area (Å²) in [6.07, 6.45) is -13.1. The van der Waals surface area contributed by atoms with Crippen LogP contribution in [0.5, 0.6) is 0 Å². The number of aromatic nitrogens is 1. The van der Waals surface area contributed by atoms with Gasteiger partial charge in [-0.05, 0) is 56.5 Å². The number of pyridine rings is 1. The first kappa shape index (κ1) is 29.8. The standard InChI is InChI=1S/C26H27F8N3O3/c1-3-36(20-4-6-39-7-5-20)23-17(8-16(12-35-23)22(27)28)13-37-14(2)21(40-24(37)38)15-9-18(25(29,30)31)11-19(10-15)26(32,33)34/h8-12,14,20-22H,3-7,13H2,1-2H3. The van der Waals surface area contributed by atoms with Crippen LogP contribution in [0.15, 0.2) is 30.5 Å². The fourth-order valence-electron chi connectivity index (χ4n) is 5.08. The molecule has 2 atom stereocenters. The third kappa shape index (κ3) is 6.26. The minimum absolute atomic E-state index is 0.00781. The molecule has 0 radical (unpaired) electrons. The van der Waals surface area contributed by atoms with Gasteiger partial charge in [-0.1, -0.05) is 0 Å². The van der Waals surface area contributed by atoms with Crippen molar-refractivity contribution in [2.75, 3.05) is 24.7 Å². The number of alkyl halides is 8. The highest BCUT2D eigenvalue weighted by Gasteiger charge is 2.43. The number of carbonyl (C=O) groups is 1. The molecule has 4 rings (SSSR count). The minimum atomic E-state index is -5.08. The Hall–Kier alpha value is -3.16. The predicted molar refractivity (Wildman–Crippen MR) is 127 cm³/mol. The Bertz CT molecular complexity index is 1180. The summed E-state index contributed by atoms with van der Waals surface area (Å²) >= 11 is 0. The van der Waals surface area contributed by atoms with Crippen molar-refractivity contribution < 1.29 is 49.4 Å². The Labute approximate surface area is 224 Å². The van der Waals surface area contributed by atoms with Gasteiger partial charge in [-0.15, -0.1) is 0 Å². The number of amides is 1. The molecule has 0 N–H and O–H groups in total. The van der Waals surface area contributed by atoms with Crippen molar-refractivity contribution in [2.45, 2.75) is 70.2 Å². The second-order valence-corrected chi connectivity index (χ2v) is 9.69. The summed E-state index contributed by atoms with van der Waals surface area (Å²) in [5.74, 6) is 0.348. The Kier molecular flexibility index (Phi) is 8.48. The van der Waals surface area contributed by atoms with Crippen LogP contribution in [0.2, 0.25) is 0 Å². The Balaban J connectivity index is 1.69. The summed E-state index contributed by atoms with van der Waals surface area (Å²) in [7, 11) is 0. The van der Waals surface area contributed by atoms with Gasteiger partial charge in [-0.2, -0.15) is 26.3 Å². The van der Waals surface area contributed by atoms with Crippen LogP contribution < -0.4 is 4.90 Å². The van der Waals surface area contributed by atoms with E-state index in [1.807, 2.05) is 11.8 Å². The first-order valence-corrected chi connectivity index (χ1v) is 12.6. The molecule has 1 amide bonds. The fourth-order valence-corrected chi connectivity index (χ4v) is 5.08. The van der Waals surface area contributed by atoms with Crippen molar-refractivity contribution in [1.29, 1.82) is 0 Å². The molecule has 3 heterocycles. The molecule has 2 saturated heterocycles. The first-order valence-electron chi connectivity index (χ1n) is 12.6. The topological polar surface area (TPSA) is 54.9 Å². The van der Waals surface area contributed by atoms with Crippen LogP contribution in [-0.2, 0) is 28.4 Å². The van der Waals surface area contributed by atoms with Gasteiger partial charge in [0.25, 0.3) is 6.43 Å². The molecule has 14 heteroatoms. The van der Waals surface area contributed by atoms with E-state index in [-0.39, 0.29) is 24.2 Å². The van der Waals surface area contributed by atoms with E-state index in [0.717, 1.165) is 11.1 Å². The van der Waals surface area contributed by atoms with E-state index < -0.39 is 59.3 Å². The highest BCUT2D eigenvalue weighted by atomic mass is 19.4. The molecule has 2 unspecified atom stereocenters. The van der Waals surface area contributed by atoms with Crippen molar-refractivity contribution in [2.24, 2.45) is 0 Å². The quantitative estimate of drug-likeness (QED) is 0.326. The normalized spacial score (nSPS) is 20.8. The lowest BCUT2D eigenvalue weighted by atomic mass is 9.97. The zero-order chi connectivity index (χ0) is 29.4. The van der Waals surface area contributed by atoms with Crippen molar-refractivity contribution in [3.63, 3.8) is 0 Å². The third-order valence-corrected chi connectivity index (χ3v) is 7.13. The van der Waals surface area contributed by atoms with Gasteiger partial charge in [-0.25, -0.2) is 18.6 Å². The van der Waals surface area contributed by atoms with Crippen LogP contribution in [0, 0.1) is 0 Å². The number of ether oxygens (including phenoxy) is 2. The van der Waals surface area contributed by atoms with E-state index >= 15 is 0 Å². The molecule has 6 nitrogen and oxygen atoms in total. The number of cyclic esters (lactones) is 1. The fraction of sp³-hybridized carbons (Fsp3) is 0.538. The Morgan fingerprint density at radius 2 is 1.62 bits per heavy atom. The lowest BCUT2D eigenvalue weighted by molar-refractivity contribution is -0.143. The molecule has 2 aromatic rings. The molecular weight excluding hydrogens is 554 g/mol. The van der Waals surface area contributed by atoms with Gasteiger partial charge >= 0.3 is 18.4 Å². The van der Waals surface area contributed by atoms with Gasteiger partial charge < -0.3 is 14.4 Å². The molecule has 0 saturated carbocycles. The third-order valence-electron chi connectivity index (χ3n) is 7.13. The average molecular weight is 582 g/mol. The maximum atomic E-state index is 13.6. The summed E-state index contributed by atoms with van der Waals surface area (Å²) in [6.45, 7) is 4.43. The van der Waals surface area contributed by atoms with E-state index in [1.165, 1.54) is 13.0 Å². The molecule has 0 bridgehead atoms. The number of hydrogen-bond donors (Lipinski definition) is 0. The SMILES string of the molecule is CCN(c1ncc(C(F)F)cc1CN1C(=O)OC(c2cc(C(F)(F)F)cc(C(F)(F)F)c2)C1C)C1CCOCC1. The van der Waals surface area contributed by atoms with Gasteiger partial charge in [-0.3, -0.25) is 4.90 Å². The molecule has 40 heavy (non-hydrogen) atoms. The van der Waals surface area contributed by atoms with Crippen molar-refractivity contribution in [3.8, 4) is 0 Å². The molecule has 2 aliphatic heterocycles. The van der Waals surface area contributed by atoms with Crippen LogP contribution in [0.3, 0.4) is 0 Å². The molecular formula is C26H27F8N3O3. The molecule has 220 valence electrons. The van der Waals surface area contributed by atoms with Gasteiger partial charge in [0, 0.05) is 43.1 Å². The van der Waals surface area contributed by atoms with E-state index in [9.17, 15) is 39.9 Å². The van der Waals surface area contributed by atoms with Crippen molar-refractivity contribution in [3.05, 3.63) is 58.3 Å². The lowest BCUT2D eigenvalue weighted by Crippen LogP contribution is -2.41. The van der Waals surface area contributed by atoms with E-state index in [4.69, 9.17) is 9.47 Å². The lowest BCUT2D eigenvalue weighted by Gasteiger charge is -2.36. The molecule has 1 aromatic carbocycles. The van der Waals surface area contributed by atoms with Crippen LogP contribution >= 0.6 is 0 Å². The number of nitrogens with zero attached hydrogens (tertiary/aromatic N) is 3. The number of anilines is 1. The molecule has 1 aromatic heterocycles. The maximum absolute atomic E-state index is 13.6. The number of hydrogen-bond acceptors (Lipinski definition) is 5. The summed E-state index contributed by atoms with van der Waals surface area (Å²) in [6, 6.07) is 1.19. The van der Waals surface area contributed by atoms with E-state index in [0.29, 0.717) is 50.6 Å². The van der Waals surface area contributed by atoms with Crippen molar-refractivity contribution in [1.82, 2.24) is 9.88 Å². The highest BCUT2D eigenvalue weighted by Crippen LogP contribution is 2.41. The zero-order valence-corrected chi connectivity index (χ0v) is 21.5. The van der Waals surface area contributed by atoms with Crippen LogP contribution in [0.1, 0.15) is 67.0 Å². The molecule has 2 fully saturated rings. The van der Waals surface area contributed by atoms with Gasteiger partial charge in [0.15, 0.2) is 0 Å². The number of halogens is 8. The second-order valence-electron chi connectivity index (χ2n) is 9.69. The summed E-state index contributed by atoms with van der Waals surface area (Å²) < 4.78 is 118. The number of rotatable bonds is 7. The van der Waals surface area contributed by atoms with Gasteiger partial charge in [0.05, 0.1) is 23.7 Å². The minimum Gasteiger partial charge on any atom is -0.439 e. The van der Waals surface area contributed by atoms with E-state index in [2.05, 4.69) is 4.98 Å². The van der Waals surface area contributed by atoms with Crippen LogP contribution in [0.25, 0.3) is 0 Å². The predicted octanol–water partition coefficient (Wildman–Crippen LogP) is 7.14. The highest BCUT2D eigenvalue weighted by molar-refractivity contribution is 5.71. The molecule has 0 aliphatic carbocycles. The summed E-state index contributed by atoms with van der Waals surface area (Å²) in [5.41, 5.74) is -3.71. The molecule has 0 spiro atoms. The van der Waals surface area contributed by atoms with Crippen LogP contribution in [-0.4, -0.2) is 47.8 Å². The average Bonchev–Trinajstić information content (AvgIpc) is 3.17. The summed E-state index contributed by atoms with van der Waals surface area (Å²) in [5, 5.41) is 0.